The molecule has 0 spiro atoms. The molecule has 0 aromatic heterocycles. The Hall–Kier alpha value is -1.75. The van der Waals surface area contributed by atoms with E-state index in [0.717, 1.165) is 0 Å². The lowest BCUT2D eigenvalue weighted by molar-refractivity contribution is -0.113. The van der Waals surface area contributed by atoms with Gasteiger partial charge >= 0.3 is 0 Å². The second kappa shape index (κ2) is 7.01. The molecule has 0 aliphatic carbocycles. The zero-order valence-electron chi connectivity index (χ0n) is 11.1. The second-order valence-corrected chi connectivity index (χ2v) is 5.68. The monoisotopic (exact) mass is 357 g/mol. The highest BCUT2D eigenvalue weighted by Gasteiger charge is 2.17. The lowest BCUT2D eigenvalue weighted by Gasteiger charge is -2.10. The zero-order chi connectivity index (χ0) is 16.3. The summed E-state index contributed by atoms with van der Waals surface area (Å²) in [5.41, 5.74) is 6.52. The van der Waals surface area contributed by atoms with Gasteiger partial charge in [0.2, 0.25) is 0 Å². The molecule has 0 heterocycles. The second-order valence-electron chi connectivity index (χ2n) is 4.39. The molecule has 2 N–H and O–H groups in total. The van der Waals surface area contributed by atoms with Gasteiger partial charge in [-0.25, -0.2) is 0 Å². The number of benzene rings is 2. The molecular formula is C15H10Cl3NO3. The maximum atomic E-state index is 12.6. The topological polar surface area (TPSA) is 69.4 Å². The fourth-order valence-electron chi connectivity index (χ4n) is 1.84. The zero-order valence-corrected chi connectivity index (χ0v) is 13.4. The molecule has 22 heavy (non-hydrogen) atoms. The minimum absolute atomic E-state index is 0.187. The van der Waals surface area contributed by atoms with Crippen molar-refractivity contribution in [1.29, 1.82) is 0 Å². The maximum Gasteiger partial charge on any atom is 0.259 e. The van der Waals surface area contributed by atoms with E-state index in [9.17, 15) is 9.59 Å². The Kier molecular flexibility index (Phi) is 5.29. The number of nitrogen functional groups attached to an aromatic ring is 1. The van der Waals surface area contributed by atoms with E-state index >= 15 is 0 Å². The van der Waals surface area contributed by atoms with E-state index in [1.54, 1.807) is 6.07 Å². The highest BCUT2D eigenvalue weighted by Crippen LogP contribution is 2.27. The van der Waals surface area contributed by atoms with Crippen LogP contribution in [-0.4, -0.2) is 17.6 Å². The third-order valence-corrected chi connectivity index (χ3v) is 3.27. The summed E-state index contributed by atoms with van der Waals surface area (Å²) in [5, 5.41) is 0.00651. The Labute approximate surface area is 141 Å². The fourth-order valence-corrected chi connectivity index (χ4v) is 2.31. The number of hydrogen-bond acceptors (Lipinski definition) is 4. The fraction of sp³-hybridized carbons (Fsp3) is 0.0667. The molecule has 0 atom stereocenters. The molecule has 0 amide bonds. The van der Waals surface area contributed by atoms with Crippen LogP contribution in [0.3, 0.4) is 0 Å². The van der Waals surface area contributed by atoms with Gasteiger partial charge in [0.05, 0.1) is 5.56 Å². The van der Waals surface area contributed by atoms with E-state index in [-0.39, 0.29) is 29.3 Å². The minimum Gasteiger partial charge on any atom is -0.484 e. The molecule has 0 saturated carbocycles. The van der Waals surface area contributed by atoms with E-state index < -0.39 is 5.24 Å². The number of ketones is 1. The molecule has 0 bridgehead atoms. The van der Waals surface area contributed by atoms with Crippen molar-refractivity contribution in [1.82, 2.24) is 0 Å². The smallest absolute Gasteiger partial charge is 0.259 e. The molecule has 0 unspecified atom stereocenters. The van der Waals surface area contributed by atoms with Crippen molar-refractivity contribution >= 4 is 51.5 Å². The van der Waals surface area contributed by atoms with Gasteiger partial charge in [-0.3, -0.25) is 9.59 Å². The Morgan fingerprint density at radius 3 is 2.41 bits per heavy atom. The van der Waals surface area contributed by atoms with Gasteiger partial charge in [-0.05, 0) is 48.0 Å². The van der Waals surface area contributed by atoms with Crippen molar-refractivity contribution < 1.29 is 14.3 Å². The van der Waals surface area contributed by atoms with Crippen LogP contribution in [0.15, 0.2) is 36.4 Å². The SMILES string of the molecule is Nc1cc(Cl)cc(C(=O)c2cc(Cl)ccc2OCC(=O)Cl)c1. The first kappa shape index (κ1) is 16.6. The van der Waals surface area contributed by atoms with E-state index in [1.165, 1.54) is 30.3 Å². The molecule has 2 aromatic rings. The van der Waals surface area contributed by atoms with Crippen molar-refractivity contribution in [2.24, 2.45) is 0 Å². The van der Waals surface area contributed by atoms with Crippen LogP contribution < -0.4 is 10.5 Å². The normalized spacial score (nSPS) is 10.3. The molecule has 7 heteroatoms. The Morgan fingerprint density at radius 2 is 1.77 bits per heavy atom. The Bertz CT molecular complexity index is 727. The summed E-state index contributed by atoms with van der Waals surface area (Å²) in [7, 11) is 0. The average Bonchev–Trinajstić information content (AvgIpc) is 2.44. The van der Waals surface area contributed by atoms with Gasteiger partial charge < -0.3 is 10.5 Å². The third kappa shape index (κ3) is 4.13. The average molecular weight is 359 g/mol. The maximum absolute atomic E-state index is 12.6. The summed E-state index contributed by atoms with van der Waals surface area (Å²) in [6.45, 7) is -0.360. The highest BCUT2D eigenvalue weighted by molar-refractivity contribution is 6.63. The summed E-state index contributed by atoms with van der Waals surface area (Å²) < 4.78 is 5.23. The molecule has 2 rings (SSSR count). The molecule has 0 saturated heterocycles. The molecular weight excluding hydrogens is 349 g/mol. The lowest BCUT2D eigenvalue weighted by Crippen LogP contribution is -2.10. The van der Waals surface area contributed by atoms with Crippen LogP contribution >= 0.6 is 34.8 Å². The molecule has 0 radical (unpaired) electrons. The molecule has 2 aromatic carbocycles. The summed E-state index contributed by atoms with van der Waals surface area (Å²) in [4.78, 5) is 23.4. The number of carbonyl (C=O) groups is 2. The van der Waals surface area contributed by atoms with Crippen molar-refractivity contribution in [3.8, 4) is 5.75 Å². The van der Waals surface area contributed by atoms with Crippen LogP contribution in [0.1, 0.15) is 15.9 Å². The first-order valence-electron chi connectivity index (χ1n) is 6.08. The number of hydrogen-bond donors (Lipinski definition) is 1. The standard InChI is InChI=1S/C15H10Cl3NO3/c16-9-1-2-13(22-7-14(18)20)12(6-9)15(21)8-3-10(17)5-11(19)4-8/h1-6H,7,19H2. The predicted octanol–water partition coefficient (Wildman–Crippen LogP) is 3.95. The molecule has 0 aliphatic rings. The number of halogens is 3. The number of ether oxygens (including phenoxy) is 1. The first-order chi connectivity index (χ1) is 10.4. The molecule has 0 aliphatic heterocycles. The number of carbonyl (C=O) groups excluding carboxylic acids is 2. The van der Waals surface area contributed by atoms with Gasteiger partial charge in [-0.2, -0.15) is 0 Å². The van der Waals surface area contributed by atoms with Gasteiger partial charge in [0.25, 0.3) is 5.24 Å². The van der Waals surface area contributed by atoms with E-state index in [2.05, 4.69) is 0 Å². The van der Waals surface area contributed by atoms with Gasteiger partial charge in [0, 0.05) is 21.3 Å². The summed E-state index contributed by atoms with van der Waals surface area (Å²) in [6.07, 6.45) is 0. The Balaban J connectivity index is 2.43. The number of nitrogens with two attached hydrogens (primary N) is 1. The molecule has 4 nitrogen and oxygen atoms in total. The van der Waals surface area contributed by atoms with Crippen molar-refractivity contribution in [2.75, 3.05) is 12.3 Å². The van der Waals surface area contributed by atoms with E-state index in [0.29, 0.717) is 15.7 Å². The highest BCUT2D eigenvalue weighted by atomic mass is 35.5. The first-order valence-corrected chi connectivity index (χ1v) is 7.21. The quantitative estimate of drug-likeness (QED) is 0.499. The van der Waals surface area contributed by atoms with Crippen LogP contribution in [0.2, 0.25) is 10.0 Å². The van der Waals surface area contributed by atoms with E-state index in [1.807, 2.05) is 0 Å². The van der Waals surface area contributed by atoms with Crippen LogP contribution in [0.4, 0.5) is 5.69 Å². The van der Waals surface area contributed by atoms with Gasteiger partial charge in [0.1, 0.15) is 5.75 Å². The molecule has 0 fully saturated rings. The van der Waals surface area contributed by atoms with Crippen molar-refractivity contribution in [3.63, 3.8) is 0 Å². The Morgan fingerprint density at radius 1 is 1.05 bits per heavy atom. The summed E-state index contributed by atoms with van der Waals surface area (Å²) >= 11 is 17.1. The summed E-state index contributed by atoms with van der Waals surface area (Å²) in [6, 6.07) is 8.97. The number of rotatable bonds is 5. The van der Waals surface area contributed by atoms with Gasteiger partial charge in [0.15, 0.2) is 12.4 Å². The van der Waals surface area contributed by atoms with Crippen molar-refractivity contribution in [2.45, 2.75) is 0 Å². The summed E-state index contributed by atoms with van der Waals surface area (Å²) in [5.74, 6) is -0.185. The number of anilines is 1. The van der Waals surface area contributed by atoms with Gasteiger partial charge in [-0.1, -0.05) is 23.2 Å². The van der Waals surface area contributed by atoms with Crippen LogP contribution in [0.5, 0.6) is 5.75 Å². The van der Waals surface area contributed by atoms with Gasteiger partial charge in [-0.15, -0.1) is 0 Å². The third-order valence-electron chi connectivity index (χ3n) is 2.71. The van der Waals surface area contributed by atoms with Crippen LogP contribution in [-0.2, 0) is 4.79 Å². The predicted molar refractivity (Wildman–Crippen MR) is 87.1 cm³/mol. The van der Waals surface area contributed by atoms with Crippen LogP contribution in [0, 0.1) is 0 Å². The van der Waals surface area contributed by atoms with Crippen molar-refractivity contribution in [3.05, 3.63) is 57.6 Å². The minimum atomic E-state index is -0.680. The lowest BCUT2D eigenvalue weighted by atomic mass is 10.0. The largest absolute Gasteiger partial charge is 0.484 e. The van der Waals surface area contributed by atoms with E-state index in [4.69, 9.17) is 45.3 Å². The van der Waals surface area contributed by atoms with Crippen LogP contribution in [0.25, 0.3) is 0 Å². The molecule has 114 valence electrons.